The van der Waals surface area contributed by atoms with Gasteiger partial charge in [-0.25, -0.2) is 13.8 Å². The molecule has 0 atom stereocenters. The van der Waals surface area contributed by atoms with Crippen LogP contribution in [0.4, 0.5) is 8.78 Å². The van der Waals surface area contributed by atoms with Gasteiger partial charge in [-0.2, -0.15) is 0 Å². The molecule has 7 heteroatoms. The highest BCUT2D eigenvalue weighted by molar-refractivity contribution is 14.1. The first-order chi connectivity index (χ1) is 7.45. The van der Waals surface area contributed by atoms with Crippen LogP contribution in [0.2, 0.25) is 0 Å². The van der Waals surface area contributed by atoms with Crippen molar-refractivity contribution in [3.63, 3.8) is 0 Å². The number of pyridine rings is 1. The van der Waals surface area contributed by atoms with Crippen LogP contribution in [0.15, 0.2) is 6.07 Å². The van der Waals surface area contributed by atoms with Crippen molar-refractivity contribution in [2.75, 3.05) is 0 Å². The molecule has 1 heterocycles. The van der Waals surface area contributed by atoms with Crippen LogP contribution in [0.3, 0.4) is 0 Å². The van der Waals surface area contributed by atoms with E-state index in [4.69, 9.17) is 10.8 Å². The van der Waals surface area contributed by atoms with Gasteiger partial charge in [0.2, 0.25) is 0 Å². The molecule has 1 aromatic rings. The molecule has 1 rings (SSSR count). The van der Waals surface area contributed by atoms with Gasteiger partial charge in [-0.3, -0.25) is 4.79 Å². The molecular formula is C9H9F2IN2O2. The molecular weight excluding hydrogens is 333 g/mol. The molecule has 0 saturated heterocycles. The van der Waals surface area contributed by atoms with Crippen LogP contribution in [-0.2, 0) is 17.8 Å². The quantitative estimate of drug-likeness (QED) is 0.645. The number of carboxylic acids is 1. The van der Waals surface area contributed by atoms with Gasteiger partial charge in [0, 0.05) is 6.54 Å². The van der Waals surface area contributed by atoms with Crippen LogP contribution in [0.5, 0.6) is 0 Å². The van der Waals surface area contributed by atoms with Gasteiger partial charge in [0.1, 0.15) is 3.70 Å². The second-order valence-corrected chi connectivity index (χ2v) is 4.07. The number of nitrogens with two attached hydrogens (primary N) is 1. The van der Waals surface area contributed by atoms with E-state index in [9.17, 15) is 13.6 Å². The molecule has 0 radical (unpaired) electrons. The van der Waals surface area contributed by atoms with E-state index in [-0.39, 0.29) is 33.5 Å². The lowest BCUT2D eigenvalue weighted by Crippen LogP contribution is -2.10. The smallest absolute Gasteiger partial charge is 0.309 e. The van der Waals surface area contributed by atoms with Crippen molar-refractivity contribution < 1.29 is 18.7 Å². The summed E-state index contributed by atoms with van der Waals surface area (Å²) in [4.78, 5) is 14.3. The summed E-state index contributed by atoms with van der Waals surface area (Å²) in [6.07, 6.45) is -2.95. The van der Waals surface area contributed by atoms with Gasteiger partial charge >= 0.3 is 5.97 Å². The summed E-state index contributed by atoms with van der Waals surface area (Å²) in [6, 6.07) is 1.32. The van der Waals surface area contributed by atoms with Gasteiger partial charge < -0.3 is 10.8 Å². The zero-order valence-corrected chi connectivity index (χ0v) is 10.2. The third-order valence-electron chi connectivity index (χ3n) is 1.92. The summed E-state index contributed by atoms with van der Waals surface area (Å²) < 4.78 is 25.4. The number of alkyl halides is 2. The normalized spacial score (nSPS) is 10.8. The summed E-state index contributed by atoms with van der Waals surface area (Å²) in [7, 11) is 0. The molecule has 0 bridgehead atoms. The van der Waals surface area contributed by atoms with Gasteiger partial charge in [0.25, 0.3) is 6.43 Å². The fourth-order valence-corrected chi connectivity index (χ4v) is 2.17. The maximum absolute atomic E-state index is 12.7. The van der Waals surface area contributed by atoms with Crippen LogP contribution in [0, 0.1) is 3.70 Å². The number of hydrogen-bond acceptors (Lipinski definition) is 3. The summed E-state index contributed by atoms with van der Waals surface area (Å²) >= 11 is 1.66. The second kappa shape index (κ2) is 5.48. The topological polar surface area (TPSA) is 76.2 Å². The third-order valence-corrected chi connectivity index (χ3v) is 2.74. The lowest BCUT2D eigenvalue weighted by atomic mass is 10.1. The molecule has 0 amide bonds. The van der Waals surface area contributed by atoms with Crippen LogP contribution in [-0.4, -0.2) is 16.1 Å². The van der Waals surface area contributed by atoms with Gasteiger partial charge in [-0.15, -0.1) is 0 Å². The highest BCUT2D eigenvalue weighted by Gasteiger charge is 2.19. The molecule has 0 fully saturated rings. The largest absolute Gasteiger partial charge is 0.481 e. The highest BCUT2D eigenvalue weighted by Crippen LogP contribution is 2.27. The van der Waals surface area contributed by atoms with Gasteiger partial charge in [-0.1, -0.05) is 0 Å². The van der Waals surface area contributed by atoms with Crippen LogP contribution in [0.25, 0.3) is 0 Å². The monoisotopic (exact) mass is 342 g/mol. The standard InChI is InChI=1S/C9H9F2IN2O2/c10-8(11)7-4(3-13)1-5(2-6(15)16)14-9(7)12/h1,8H,2-3,13H2,(H,15,16). The van der Waals surface area contributed by atoms with Gasteiger partial charge in [0.15, 0.2) is 0 Å². The summed E-state index contributed by atoms with van der Waals surface area (Å²) in [5.74, 6) is -1.06. The van der Waals surface area contributed by atoms with Crippen molar-refractivity contribution in [1.82, 2.24) is 4.98 Å². The first kappa shape index (κ1) is 13.2. The minimum Gasteiger partial charge on any atom is -0.481 e. The zero-order chi connectivity index (χ0) is 12.3. The zero-order valence-electron chi connectivity index (χ0n) is 8.08. The number of aromatic nitrogens is 1. The maximum atomic E-state index is 12.7. The van der Waals surface area contributed by atoms with Gasteiger partial charge in [-0.05, 0) is 34.2 Å². The fourth-order valence-electron chi connectivity index (χ4n) is 1.27. The predicted octanol–water partition coefficient (Wildman–Crippen LogP) is 1.71. The first-order valence-electron chi connectivity index (χ1n) is 4.34. The Labute approximate surface area is 104 Å². The highest BCUT2D eigenvalue weighted by atomic mass is 127. The maximum Gasteiger partial charge on any atom is 0.309 e. The predicted molar refractivity (Wildman–Crippen MR) is 61.1 cm³/mol. The fraction of sp³-hybridized carbons (Fsp3) is 0.333. The Kier molecular flexibility index (Phi) is 4.54. The van der Waals surface area contributed by atoms with Crippen molar-refractivity contribution in [2.45, 2.75) is 19.4 Å². The van der Waals surface area contributed by atoms with E-state index in [0.717, 1.165) is 0 Å². The molecule has 0 spiro atoms. The number of aliphatic carboxylic acids is 1. The number of nitrogens with zero attached hydrogens (tertiary/aromatic N) is 1. The third kappa shape index (κ3) is 3.08. The molecule has 88 valence electrons. The summed E-state index contributed by atoms with van der Waals surface area (Å²) in [5, 5.41) is 8.58. The Morgan fingerprint density at radius 3 is 2.69 bits per heavy atom. The van der Waals surface area contributed by atoms with Crippen LogP contribution >= 0.6 is 22.6 Å². The van der Waals surface area contributed by atoms with E-state index in [0.29, 0.717) is 0 Å². The molecule has 16 heavy (non-hydrogen) atoms. The minimum atomic E-state index is -2.66. The van der Waals surface area contributed by atoms with Crippen LogP contribution in [0.1, 0.15) is 23.2 Å². The van der Waals surface area contributed by atoms with E-state index in [2.05, 4.69) is 4.98 Å². The van der Waals surface area contributed by atoms with E-state index in [1.807, 2.05) is 0 Å². The summed E-state index contributed by atoms with van der Waals surface area (Å²) in [5.41, 5.74) is 5.61. The molecule has 0 saturated carbocycles. The number of halogens is 3. The molecule has 1 aromatic heterocycles. The molecule has 3 N–H and O–H groups in total. The van der Waals surface area contributed by atoms with Crippen molar-refractivity contribution >= 4 is 28.6 Å². The van der Waals surface area contributed by atoms with Crippen LogP contribution < -0.4 is 5.73 Å². The first-order valence-corrected chi connectivity index (χ1v) is 5.41. The molecule has 0 aliphatic rings. The van der Waals surface area contributed by atoms with Crippen molar-refractivity contribution in [3.8, 4) is 0 Å². The Bertz CT molecular complexity index is 413. The van der Waals surface area contributed by atoms with E-state index in [1.165, 1.54) is 6.07 Å². The van der Waals surface area contributed by atoms with E-state index < -0.39 is 12.4 Å². The molecule has 0 aliphatic carbocycles. The lowest BCUT2D eigenvalue weighted by Gasteiger charge is -2.10. The number of rotatable bonds is 4. The summed E-state index contributed by atoms with van der Waals surface area (Å²) in [6.45, 7) is -0.0647. The minimum absolute atomic E-state index is 0.0647. The molecule has 0 unspecified atom stereocenters. The van der Waals surface area contributed by atoms with Crippen molar-refractivity contribution in [1.29, 1.82) is 0 Å². The van der Waals surface area contributed by atoms with Crippen molar-refractivity contribution in [2.24, 2.45) is 5.73 Å². The number of carbonyl (C=O) groups is 1. The van der Waals surface area contributed by atoms with E-state index in [1.54, 1.807) is 22.6 Å². The molecule has 4 nitrogen and oxygen atoms in total. The van der Waals surface area contributed by atoms with Gasteiger partial charge in [0.05, 0.1) is 17.7 Å². The second-order valence-electron chi connectivity index (χ2n) is 3.05. The van der Waals surface area contributed by atoms with E-state index >= 15 is 0 Å². The Balaban J connectivity index is 3.20. The Hall–Kier alpha value is -0.830. The lowest BCUT2D eigenvalue weighted by molar-refractivity contribution is -0.136. The SMILES string of the molecule is NCc1cc(CC(=O)O)nc(I)c1C(F)F. The Morgan fingerprint density at radius 1 is 1.62 bits per heavy atom. The molecule has 0 aliphatic heterocycles. The average molecular weight is 342 g/mol. The Morgan fingerprint density at radius 2 is 2.25 bits per heavy atom. The van der Waals surface area contributed by atoms with Crippen molar-refractivity contribution in [3.05, 3.63) is 26.6 Å². The molecule has 0 aromatic carbocycles. The number of hydrogen-bond donors (Lipinski definition) is 2. The average Bonchev–Trinajstić information content (AvgIpc) is 2.14. The number of carboxylic acid groups (broad SMARTS) is 1.